The maximum atomic E-state index is 13.5. The number of hydrogen-bond acceptors (Lipinski definition) is 12. The molecule has 1 heterocycles. The molecule has 0 aromatic heterocycles. The van der Waals surface area contributed by atoms with Crippen molar-refractivity contribution in [3.8, 4) is 17.2 Å². The Labute approximate surface area is 238 Å². The summed E-state index contributed by atoms with van der Waals surface area (Å²) in [6.45, 7) is 4.35. The molecule has 2 aromatic rings. The molecule has 2 aromatic carbocycles. The first-order valence-corrected chi connectivity index (χ1v) is 13.3. The molecule has 1 aliphatic heterocycles. The van der Waals surface area contributed by atoms with E-state index >= 15 is 0 Å². The van der Waals surface area contributed by atoms with E-state index < -0.39 is 94.7 Å². The normalized spacial score (nSPS) is 30.0. The van der Waals surface area contributed by atoms with Gasteiger partial charge in [-0.2, -0.15) is 0 Å². The number of nitrogens with zero attached hydrogens (tertiary/aromatic N) is 3. The first-order valence-electron chi connectivity index (χ1n) is 13.3. The Hall–Kier alpha value is -4.20. The number of ether oxygens (including phenoxy) is 3. The number of aliphatic hydroxyl groups excluding tert-OH is 1. The van der Waals surface area contributed by atoms with Crippen LogP contribution in [0.15, 0.2) is 23.3 Å². The Bertz CT molecular complexity index is 1550. The van der Waals surface area contributed by atoms with Crippen molar-refractivity contribution in [3.05, 3.63) is 62.0 Å². The van der Waals surface area contributed by atoms with E-state index in [0.717, 1.165) is 0 Å². The van der Waals surface area contributed by atoms with Crippen molar-refractivity contribution in [2.24, 2.45) is 5.11 Å². The maximum absolute atomic E-state index is 13.5. The van der Waals surface area contributed by atoms with E-state index in [9.17, 15) is 39.9 Å². The molecular formula is C28H29N3O11. The number of hydrogen-bond donors (Lipinski definition) is 5. The van der Waals surface area contributed by atoms with E-state index in [0.29, 0.717) is 0 Å². The number of phenolic OH excluding ortho intramolecular Hbond substituents is 3. The predicted molar refractivity (Wildman–Crippen MR) is 141 cm³/mol. The highest BCUT2D eigenvalue weighted by Gasteiger charge is 2.52. The Morgan fingerprint density at radius 3 is 2.45 bits per heavy atom. The van der Waals surface area contributed by atoms with Crippen LogP contribution in [0.2, 0.25) is 0 Å². The fourth-order valence-corrected chi connectivity index (χ4v) is 6.17. The zero-order chi connectivity index (χ0) is 30.7. The van der Waals surface area contributed by atoms with Gasteiger partial charge in [0.2, 0.25) is 5.78 Å². The molecule has 0 bridgehead atoms. The van der Waals surface area contributed by atoms with Crippen LogP contribution in [0.4, 0.5) is 0 Å². The highest BCUT2D eigenvalue weighted by atomic mass is 16.7. The van der Waals surface area contributed by atoms with Crippen molar-refractivity contribution >= 4 is 17.5 Å². The Balaban J connectivity index is 1.64. The van der Waals surface area contributed by atoms with Crippen LogP contribution in [0.25, 0.3) is 10.4 Å². The third-order valence-electron chi connectivity index (χ3n) is 8.17. The molecule has 2 aliphatic carbocycles. The third-order valence-corrected chi connectivity index (χ3v) is 8.17. The van der Waals surface area contributed by atoms with Gasteiger partial charge in [-0.3, -0.25) is 14.4 Å². The summed E-state index contributed by atoms with van der Waals surface area (Å²) in [4.78, 5) is 41.4. The Kier molecular flexibility index (Phi) is 7.37. The summed E-state index contributed by atoms with van der Waals surface area (Å²) in [6.07, 6.45) is -6.63. The van der Waals surface area contributed by atoms with Gasteiger partial charge in [0.15, 0.2) is 12.1 Å². The summed E-state index contributed by atoms with van der Waals surface area (Å²) in [5, 5.41) is 59.6. The summed E-state index contributed by atoms with van der Waals surface area (Å²) in [5.41, 5.74) is 4.84. The van der Waals surface area contributed by atoms with E-state index in [1.165, 1.54) is 25.1 Å². The highest BCUT2D eigenvalue weighted by Crippen LogP contribution is 2.56. The number of phenols is 3. The number of ketones is 2. The maximum Gasteiger partial charge on any atom is 0.303 e. The largest absolute Gasteiger partial charge is 0.507 e. The van der Waals surface area contributed by atoms with Crippen LogP contribution >= 0.6 is 0 Å². The van der Waals surface area contributed by atoms with Gasteiger partial charge in [-0.1, -0.05) is 24.2 Å². The molecule has 0 radical (unpaired) electrons. The van der Waals surface area contributed by atoms with Crippen LogP contribution in [0.3, 0.4) is 0 Å². The first-order chi connectivity index (χ1) is 19.8. The van der Waals surface area contributed by atoms with Crippen molar-refractivity contribution in [3.63, 3.8) is 0 Å². The fraction of sp³-hybridized carbons (Fsp3) is 0.464. The molecule has 0 saturated carbocycles. The quantitative estimate of drug-likeness (QED) is 0.0963. The first kappa shape index (κ1) is 29.3. The molecule has 0 unspecified atom stereocenters. The second kappa shape index (κ2) is 10.6. The Morgan fingerprint density at radius 2 is 1.81 bits per heavy atom. The lowest BCUT2D eigenvalue weighted by Gasteiger charge is -2.46. The Morgan fingerprint density at radius 1 is 1.14 bits per heavy atom. The zero-order valence-corrected chi connectivity index (χ0v) is 22.8. The van der Waals surface area contributed by atoms with Crippen molar-refractivity contribution in [2.75, 3.05) is 0 Å². The van der Waals surface area contributed by atoms with Gasteiger partial charge in [0.25, 0.3) is 0 Å². The molecule has 5 N–H and O–H groups in total. The molecule has 1 saturated heterocycles. The average molecular weight is 584 g/mol. The molecule has 42 heavy (non-hydrogen) atoms. The fourth-order valence-electron chi connectivity index (χ4n) is 6.17. The number of fused-ring (bicyclic) bond motifs is 3. The van der Waals surface area contributed by atoms with Gasteiger partial charge in [-0.25, -0.2) is 0 Å². The van der Waals surface area contributed by atoms with Gasteiger partial charge in [0.05, 0.1) is 40.5 Å². The van der Waals surface area contributed by atoms with Crippen molar-refractivity contribution in [1.82, 2.24) is 0 Å². The van der Waals surface area contributed by atoms with Crippen LogP contribution in [-0.4, -0.2) is 73.2 Å². The van der Waals surface area contributed by atoms with E-state index in [1.807, 2.05) is 0 Å². The monoisotopic (exact) mass is 583 g/mol. The lowest BCUT2D eigenvalue weighted by Crippen LogP contribution is -2.51. The van der Waals surface area contributed by atoms with Crippen LogP contribution < -0.4 is 0 Å². The molecule has 0 amide bonds. The van der Waals surface area contributed by atoms with E-state index in [-0.39, 0.29) is 35.1 Å². The number of carbonyl (C=O) groups is 3. The summed E-state index contributed by atoms with van der Waals surface area (Å²) in [7, 11) is 0. The molecule has 14 heteroatoms. The molecule has 222 valence electrons. The van der Waals surface area contributed by atoms with Gasteiger partial charge in [0.1, 0.15) is 29.5 Å². The summed E-state index contributed by atoms with van der Waals surface area (Å²) >= 11 is 0. The van der Waals surface area contributed by atoms with Crippen molar-refractivity contribution in [2.45, 2.75) is 82.4 Å². The van der Waals surface area contributed by atoms with Gasteiger partial charge < -0.3 is 39.7 Å². The van der Waals surface area contributed by atoms with E-state index in [1.54, 1.807) is 13.8 Å². The van der Waals surface area contributed by atoms with Crippen molar-refractivity contribution < 1.29 is 54.1 Å². The minimum absolute atomic E-state index is 0.0207. The summed E-state index contributed by atoms with van der Waals surface area (Å²) < 4.78 is 17.3. The molecule has 5 rings (SSSR count). The SMILES string of the molecule is CC[C@@]1(O)C[C@H](O)c2c(O)c3c(c(O)c2[C@H]1O[C@H]1C[C@H](N=[N+]=[N-])[C@@H](OC(C)=O)[C@H](C)O1)C(=O)c1cccc(O)c1C3=O. The average Bonchev–Trinajstić information content (AvgIpc) is 2.92. The van der Waals surface area contributed by atoms with Crippen LogP contribution in [0.5, 0.6) is 17.2 Å². The number of carbonyl (C=O) groups excluding carboxylic acids is 3. The second-order valence-corrected chi connectivity index (χ2v) is 10.7. The minimum Gasteiger partial charge on any atom is -0.507 e. The van der Waals surface area contributed by atoms with Crippen LogP contribution in [0, 0.1) is 0 Å². The van der Waals surface area contributed by atoms with E-state index in [4.69, 9.17) is 19.7 Å². The highest BCUT2D eigenvalue weighted by molar-refractivity contribution is 6.31. The van der Waals surface area contributed by atoms with Crippen LogP contribution in [0.1, 0.15) is 95.2 Å². The second-order valence-electron chi connectivity index (χ2n) is 10.7. The zero-order valence-electron chi connectivity index (χ0n) is 22.8. The number of aromatic hydroxyl groups is 3. The summed E-state index contributed by atoms with van der Waals surface area (Å²) in [5.74, 6) is -4.53. The topological polar surface area (TPSA) is 229 Å². The van der Waals surface area contributed by atoms with Gasteiger partial charge in [-0.05, 0) is 24.9 Å². The number of benzene rings is 2. The lowest BCUT2D eigenvalue weighted by atomic mass is 9.70. The standard InChI is InChI=1S/C28H29N3O11/c1-4-28(39)9-15(34)18-21(27(28)42-16-8-13(30-31-29)26(10(2)40-16)41-11(3)32)25(38)19-20(24(18)37)23(36)17-12(22(19)35)6-5-7-14(17)33/h5-7,10,13,15-16,26-27,33-34,37-39H,4,8-9H2,1-3H3/t10-,13-,15-,16-,26-,27+,28+/m0/s1. The predicted octanol–water partition coefficient (Wildman–Crippen LogP) is 2.96. The molecule has 0 spiro atoms. The van der Waals surface area contributed by atoms with Gasteiger partial charge in [-0.15, -0.1) is 0 Å². The van der Waals surface area contributed by atoms with Crippen LogP contribution in [-0.2, 0) is 19.0 Å². The number of azide groups is 1. The molecule has 1 fully saturated rings. The summed E-state index contributed by atoms with van der Waals surface area (Å²) in [6, 6.07) is 2.90. The minimum atomic E-state index is -1.87. The van der Waals surface area contributed by atoms with E-state index in [2.05, 4.69) is 10.0 Å². The molecular weight excluding hydrogens is 554 g/mol. The smallest absolute Gasteiger partial charge is 0.303 e. The number of rotatable bonds is 5. The van der Waals surface area contributed by atoms with Gasteiger partial charge >= 0.3 is 5.97 Å². The lowest BCUT2D eigenvalue weighted by molar-refractivity contribution is -0.273. The third kappa shape index (κ3) is 4.44. The number of esters is 1. The van der Waals surface area contributed by atoms with Crippen molar-refractivity contribution in [1.29, 1.82) is 0 Å². The number of aliphatic hydroxyl groups is 2. The molecule has 14 nitrogen and oxygen atoms in total. The van der Waals surface area contributed by atoms with Gasteiger partial charge in [0, 0.05) is 41.4 Å². The molecule has 7 atom stereocenters. The molecule has 3 aliphatic rings.